The van der Waals surface area contributed by atoms with Crippen LogP contribution in [0.3, 0.4) is 0 Å². The molecule has 1 unspecified atom stereocenters. The molecule has 1 fully saturated rings. The van der Waals surface area contributed by atoms with Gasteiger partial charge in [0.15, 0.2) is 9.84 Å². The zero-order valence-corrected chi connectivity index (χ0v) is 13.9. The maximum absolute atomic E-state index is 12.2. The number of methoxy groups -OCH3 is 1. The highest BCUT2D eigenvalue weighted by molar-refractivity contribution is 7.91. The second-order valence-electron chi connectivity index (χ2n) is 6.20. The van der Waals surface area contributed by atoms with Crippen molar-refractivity contribution in [1.82, 2.24) is 10.6 Å². The van der Waals surface area contributed by atoms with Gasteiger partial charge in [-0.3, -0.25) is 0 Å². The number of nitrogens with one attached hydrogen (secondary N) is 2. The van der Waals surface area contributed by atoms with E-state index in [4.69, 9.17) is 4.74 Å². The van der Waals surface area contributed by atoms with Gasteiger partial charge in [-0.1, -0.05) is 18.2 Å². The molecule has 0 saturated heterocycles. The number of ether oxygens (including phenoxy) is 1. The van der Waals surface area contributed by atoms with Crippen LogP contribution in [0, 0.1) is 0 Å². The quantitative estimate of drug-likeness (QED) is 0.880. The first-order valence-electron chi connectivity index (χ1n) is 7.91. The summed E-state index contributed by atoms with van der Waals surface area (Å²) >= 11 is 0. The monoisotopic (exact) mass is 338 g/mol. The van der Waals surface area contributed by atoms with Crippen LogP contribution in [0.2, 0.25) is 0 Å². The summed E-state index contributed by atoms with van der Waals surface area (Å²) in [5, 5.41) is 5.75. The fourth-order valence-corrected chi connectivity index (χ4v) is 5.13. The Morgan fingerprint density at radius 2 is 1.83 bits per heavy atom. The van der Waals surface area contributed by atoms with E-state index in [2.05, 4.69) is 10.6 Å². The van der Waals surface area contributed by atoms with Crippen LogP contribution < -0.4 is 10.6 Å². The van der Waals surface area contributed by atoms with E-state index in [1.807, 2.05) is 0 Å². The molecule has 0 radical (unpaired) electrons. The predicted molar refractivity (Wildman–Crippen MR) is 86.0 cm³/mol. The normalized spacial score (nSPS) is 28.8. The third kappa shape index (κ3) is 3.50. The van der Waals surface area contributed by atoms with Crippen molar-refractivity contribution >= 4 is 15.9 Å². The van der Waals surface area contributed by atoms with Crippen molar-refractivity contribution in [2.45, 2.75) is 48.8 Å². The maximum atomic E-state index is 12.2. The Morgan fingerprint density at radius 1 is 1.13 bits per heavy atom. The third-order valence-corrected chi connectivity index (χ3v) is 6.48. The summed E-state index contributed by atoms with van der Waals surface area (Å²) in [5.41, 5.74) is 0.672. The van der Waals surface area contributed by atoms with Crippen molar-refractivity contribution in [3.8, 4) is 0 Å². The number of amides is 2. The van der Waals surface area contributed by atoms with Crippen LogP contribution in [0.4, 0.5) is 4.79 Å². The summed E-state index contributed by atoms with van der Waals surface area (Å²) in [4.78, 5) is 12.5. The highest BCUT2D eigenvalue weighted by Gasteiger charge is 2.35. The number of carbonyl (C=O) groups excluding carboxylic acids is 1. The van der Waals surface area contributed by atoms with Crippen molar-refractivity contribution in [2.24, 2.45) is 0 Å². The Kier molecular flexibility index (Phi) is 4.59. The lowest BCUT2D eigenvalue weighted by molar-refractivity contribution is 0.0635. The molecule has 0 aromatic heterocycles. The molecule has 2 N–H and O–H groups in total. The minimum Gasteiger partial charge on any atom is -0.381 e. The van der Waals surface area contributed by atoms with Gasteiger partial charge in [-0.2, -0.15) is 0 Å². The van der Waals surface area contributed by atoms with Gasteiger partial charge in [-0.05, 0) is 37.3 Å². The lowest BCUT2D eigenvalue weighted by Gasteiger charge is -2.28. The molecule has 1 heterocycles. The SMILES string of the molecule is COC1CCC(NC(=O)NC2CS(=O)(=O)c3ccccc32)CC1. The van der Waals surface area contributed by atoms with Crippen molar-refractivity contribution in [3.63, 3.8) is 0 Å². The van der Waals surface area contributed by atoms with Crippen LogP contribution in [0.1, 0.15) is 37.3 Å². The number of fused-ring (bicyclic) bond motifs is 1. The van der Waals surface area contributed by atoms with Crippen LogP contribution in [0.5, 0.6) is 0 Å². The van der Waals surface area contributed by atoms with Crippen LogP contribution in [-0.2, 0) is 14.6 Å². The first-order valence-corrected chi connectivity index (χ1v) is 9.56. The molecular weight excluding hydrogens is 316 g/mol. The molecule has 1 aliphatic carbocycles. The molecule has 3 rings (SSSR count). The average molecular weight is 338 g/mol. The molecule has 126 valence electrons. The van der Waals surface area contributed by atoms with Crippen LogP contribution in [0.25, 0.3) is 0 Å². The standard InChI is InChI=1S/C16H22N2O4S/c1-22-12-8-6-11(7-9-12)17-16(19)18-14-10-23(20,21)15-5-3-2-4-13(14)15/h2-5,11-12,14H,6-10H2,1H3,(H2,17,18,19). The summed E-state index contributed by atoms with van der Waals surface area (Å²) in [6, 6.07) is 6.18. The summed E-state index contributed by atoms with van der Waals surface area (Å²) in [5.74, 6) is -0.0732. The predicted octanol–water partition coefficient (Wildman–Crippen LogP) is 1.77. The second kappa shape index (κ2) is 6.49. The Morgan fingerprint density at radius 3 is 2.52 bits per heavy atom. The summed E-state index contributed by atoms with van der Waals surface area (Å²) in [7, 11) is -1.59. The number of hydrogen-bond donors (Lipinski definition) is 2. The van der Waals surface area contributed by atoms with Crippen LogP contribution in [0.15, 0.2) is 29.2 Å². The number of rotatable bonds is 3. The van der Waals surface area contributed by atoms with Gasteiger partial charge in [-0.25, -0.2) is 13.2 Å². The van der Waals surface area contributed by atoms with E-state index in [9.17, 15) is 13.2 Å². The second-order valence-corrected chi connectivity index (χ2v) is 8.20. The molecule has 0 bridgehead atoms. The van der Waals surface area contributed by atoms with E-state index in [1.165, 1.54) is 0 Å². The third-order valence-electron chi connectivity index (χ3n) is 4.66. The number of sulfone groups is 1. The molecule has 2 aliphatic rings. The summed E-state index contributed by atoms with van der Waals surface area (Å²) in [6.07, 6.45) is 3.91. The van der Waals surface area contributed by atoms with Gasteiger partial charge in [0.2, 0.25) is 0 Å². The molecule has 1 aromatic rings. The van der Waals surface area contributed by atoms with Gasteiger partial charge < -0.3 is 15.4 Å². The Balaban J connectivity index is 1.59. The topological polar surface area (TPSA) is 84.5 Å². The number of benzene rings is 1. The fourth-order valence-electron chi connectivity index (χ4n) is 3.40. The number of urea groups is 1. The largest absolute Gasteiger partial charge is 0.381 e. The molecule has 7 heteroatoms. The Bertz CT molecular complexity index is 681. The van der Waals surface area contributed by atoms with Crippen molar-refractivity contribution < 1.29 is 17.9 Å². The first-order chi connectivity index (χ1) is 11.0. The molecule has 0 spiro atoms. The molecule has 1 saturated carbocycles. The maximum Gasteiger partial charge on any atom is 0.315 e. The lowest BCUT2D eigenvalue weighted by Crippen LogP contribution is -2.45. The van der Waals surface area contributed by atoms with E-state index < -0.39 is 15.9 Å². The Labute approximate surface area is 136 Å². The molecule has 23 heavy (non-hydrogen) atoms. The van der Waals surface area contributed by atoms with Gasteiger partial charge in [0, 0.05) is 13.2 Å². The minimum absolute atomic E-state index is 0.0732. The summed E-state index contributed by atoms with van der Waals surface area (Å²) in [6.45, 7) is 0. The van der Waals surface area contributed by atoms with E-state index in [1.54, 1.807) is 31.4 Å². The molecule has 6 nitrogen and oxygen atoms in total. The molecular formula is C16H22N2O4S. The van der Waals surface area contributed by atoms with Crippen LogP contribution >= 0.6 is 0 Å². The van der Waals surface area contributed by atoms with Gasteiger partial charge in [-0.15, -0.1) is 0 Å². The highest BCUT2D eigenvalue weighted by Crippen LogP contribution is 2.32. The molecule has 1 aromatic carbocycles. The Hall–Kier alpha value is -1.60. The van der Waals surface area contributed by atoms with E-state index in [-0.39, 0.29) is 23.9 Å². The van der Waals surface area contributed by atoms with Crippen molar-refractivity contribution in [2.75, 3.05) is 12.9 Å². The lowest BCUT2D eigenvalue weighted by atomic mass is 9.93. The molecule has 1 atom stereocenters. The number of carbonyl (C=O) groups is 1. The van der Waals surface area contributed by atoms with Gasteiger partial charge >= 0.3 is 6.03 Å². The van der Waals surface area contributed by atoms with E-state index >= 15 is 0 Å². The van der Waals surface area contributed by atoms with Crippen LogP contribution in [-0.4, -0.2) is 39.5 Å². The first kappa shape index (κ1) is 16.3. The number of hydrogen-bond acceptors (Lipinski definition) is 4. The van der Waals surface area contributed by atoms with Crippen molar-refractivity contribution in [1.29, 1.82) is 0 Å². The van der Waals surface area contributed by atoms with E-state index in [0.717, 1.165) is 25.7 Å². The average Bonchev–Trinajstić information content (AvgIpc) is 2.79. The van der Waals surface area contributed by atoms with Gasteiger partial charge in [0.05, 0.1) is 22.8 Å². The fraction of sp³-hybridized carbons (Fsp3) is 0.562. The highest BCUT2D eigenvalue weighted by atomic mass is 32.2. The smallest absolute Gasteiger partial charge is 0.315 e. The van der Waals surface area contributed by atoms with Crippen molar-refractivity contribution in [3.05, 3.63) is 29.8 Å². The molecule has 1 aliphatic heterocycles. The zero-order valence-electron chi connectivity index (χ0n) is 13.1. The molecule has 2 amide bonds. The zero-order chi connectivity index (χ0) is 16.4. The van der Waals surface area contributed by atoms with Gasteiger partial charge in [0.25, 0.3) is 0 Å². The summed E-state index contributed by atoms with van der Waals surface area (Å²) < 4.78 is 29.6. The van der Waals surface area contributed by atoms with E-state index in [0.29, 0.717) is 10.5 Å². The minimum atomic E-state index is -3.30. The van der Waals surface area contributed by atoms with Gasteiger partial charge in [0.1, 0.15) is 0 Å².